The minimum absolute atomic E-state index is 0.295. The summed E-state index contributed by atoms with van der Waals surface area (Å²) in [5.74, 6) is 0. The third-order valence-corrected chi connectivity index (χ3v) is 4.92. The van der Waals surface area contributed by atoms with Gasteiger partial charge < -0.3 is 10.6 Å². The van der Waals surface area contributed by atoms with Gasteiger partial charge in [-0.2, -0.15) is 0 Å². The van der Waals surface area contributed by atoms with E-state index in [9.17, 15) is 0 Å². The third-order valence-electron chi connectivity index (χ3n) is 4.92. The third kappa shape index (κ3) is 4.24. The van der Waals surface area contributed by atoms with Crippen molar-refractivity contribution in [2.45, 2.75) is 89.1 Å². The van der Waals surface area contributed by atoms with Crippen molar-refractivity contribution in [1.82, 2.24) is 4.90 Å². The first-order chi connectivity index (χ1) is 8.63. The van der Waals surface area contributed by atoms with E-state index in [0.29, 0.717) is 11.6 Å². The average molecular weight is 254 g/mol. The Balaban J connectivity index is 2.37. The lowest BCUT2D eigenvalue weighted by Crippen LogP contribution is -2.58. The van der Waals surface area contributed by atoms with Gasteiger partial charge in [0.05, 0.1) is 0 Å². The van der Waals surface area contributed by atoms with Crippen LogP contribution < -0.4 is 5.73 Å². The summed E-state index contributed by atoms with van der Waals surface area (Å²) in [5, 5.41) is 0. The molecule has 0 aromatic heterocycles. The SMILES string of the molecule is CCCCCCCC(N)C1(N(C)C)CCCCC1. The zero-order valence-electron chi connectivity index (χ0n) is 12.9. The lowest BCUT2D eigenvalue weighted by molar-refractivity contribution is 0.0675. The van der Waals surface area contributed by atoms with E-state index in [1.807, 2.05) is 0 Å². The van der Waals surface area contributed by atoms with E-state index in [2.05, 4.69) is 25.9 Å². The van der Waals surface area contributed by atoms with E-state index in [1.165, 1.54) is 70.6 Å². The maximum Gasteiger partial charge on any atom is 0.0354 e. The van der Waals surface area contributed by atoms with Crippen LogP contribution in [0.2, 0.25) is 0 Å². The molecule has 1 atom stereocenters. The van der Waals surface area contributed by atoms with Crippen LogP contribution in [0.15, 0.2) is 0 Å². The smallest absolute Gasteiger partial charge is 0.0354 e. The number of rotatable bonds is 8. The summed E-state index contributed by atoms with van der Waals surface area (Å²) in [6, 6.07) is 0.370. The van der Waals surface area contributed by atoms with Crippen LogP contribution in [-0.4, -0.2) is 30.6 Å². The Hall–Kier alpha value is -0.0800. The normalized spacial score (nSPS) is 21.2. The summed E-state index contributed by atoms with van der Waals surface area (Å²) >= 11 is 0. The van der Waals surface area contributed by atoms with Crippen LogP contribution in [0.5, 0.6) is 0 Å². The van der Waals surface area contributed by atoms with Gasteiger partial charge in [0, 0.05) is 11.6 Å². The topological polar surface area (TPSA) is 29.3 Å². The Labute approximate surface area is 114 Å². The van der Waals surface area contributed by atoms with E-state index >= 15 is 0 Å². The molecule has 108 valence electrons. The predicted octanol–water partition coefficient (Wildman–Crippen LogP) is 3.94. The molecule has 0 radical (unpaired) electrons. The molecule has 2 nitrogen and oxygen atoms in total. The second-order valence-electron chi connectivity index (χ2n) is 6.37. The molecule has 1 aliphatic carbocycles. The monoisotopic (exact) mass is 254 g/mol. The predicted molar refractivity (Wildman–Crippen MR) is 80.9 cm³/mol. The zero-order valence-corrected chi connectivity index (χ0v) is 12.9. The molecule has 0 bridgehead atoms. The van der Waals surface area contributed by atoms with Crippen LogP contribution in [-0.2, 0) is 0 Å². The van der Waals surface area contributed by atoms with Crippen LogP contribution in [0.25, 0.3) is 0 Å². The summed E-state index contributed by atoms with van der Waals surface area (Å²) in [6.07, 6.45) is 14.7. The van der Waals surface area contributed by atoms with Crippen molar-refractivity contribution >= 4 is 0 Å². The van der Waals surface area contributed by atoms with Gasteiger partial charge in [-0.3, -0.25) is 0 Å². The quantitative estimate of drug-likeness (QED) is 0.665. The highest BCUT2D eigenvalue weighted by atomic mass is 15.2. The number of unbranched alkanes of at least 4 members (excludes halogenated alkanes) is 4. The molecule has 0 heterocycles. The first-order valence-electron chi connectivity index (χ1n) is 8.06. The highest BCUT2D eigenvalue weighted by Crippen LogP contribution is 2.35. The molecule has 0 aromatic carbocycles. The van der Waals surface area contributed by atoms with E-state index < -0.39 is 0 Å². The van der Waals surface area contributed by atoms with Crippen LogP contribution in [0.3, 0.4) is 0 Å². The van der Waals surface area contributed by atoms with Gasteiger partial charge in [0.2, 0.25) is 0 Å². The molecule has 1 aliphatic rings. The van der Waals surface area contributed by atoms with Crippen molar-refractivity contribution in [3.05, 3.63) is 0 Å². The second-order valence-corrected chi connectivity index (χ2v) is 6.37. The van der Waals surface area contributed by atoms with Crippen LogP contribution in [0.4, 0.5) is 0 Å². The summed E-state index contributed by atoms with van der Waals surface area (Å²) in [6.45, 7) is 2.27. The molecule has 0 amide bonds. The molecule has 1 saturated carbocycles. The van der Waals surface area contributed by atoms with Gasteiger partial charge in [-0.25, -0.2) is 0 Å². The van der Waals surface area contributed by atoms with Gasteiger partial charge in [-0.15, -0.1) is 0 Å². The van der Waals surface area contributed by atoms with Gasteiger partial charge >= 0.3 is 0 Å². The maximum absolute atomic E-state index is 6.56. The molecule has 1 fully saturated rings. The molecular formula is C16H34N2. The first-order valence-corrected chi connectivity index (χ1v) is 8.06. The number of nitrogens with two attached hydrogens (primary N) is 1. The van der Waals surface area contributed by atoms with Crippen molar-refractivity contribution in [1.29, 1.82) is 0 Å². The molecule has 0 saturated heterocycles. The van der Waals surface area contributed by atoms with Crippen molar-refractivity contribution in [3.63, 3.8) is 0 Å². The molecule has 2 N–H and O–H groups in total. The Kier molecular flexibility index (Phi) is 7.25. The maximum atomic E-state index is 6.56. The highest BCUT2D eigenvalue weighted by molar-refractivity contribution is 4.98. The fraction of sp³-hybridized carbons (Fsp3) is 1.00. The van der Waals surface area contributed by atoms with Crippen molar-refractivity contribution < 1.29 is 0 Å². The Morgan fingerprint density at radius 1 is 1.00 bits per heavy atom. The van der Waals surface area contributed by atoms with Gasteiger partial charge in [-0.05, 0) is 33.4 Å². The molecule has 18 heavy (non-hydrogen) atoms. The zero-order chi connectivity index (χ0) is 13.4. The summed E-state index contributed by atoms with van der Waals surface area (Å²) in [7, 11) is 4.45. The van der Waals surface area contributed by atoms with Gasteiger partial charge in [0.25, 0.3) is 0 Å². The first kappa shape index (κ1) is 16.0. The van der Waals surface area contributed by atoms with Crippen molar-refractivity contribution in [3.8, 4) is 0 Å². The second kappa shape index (κ2) is 8.16. The van der Waals surface area contributed by atoms with Gasteiger partial charge in [-0.1, -0.05) is 58.3 Å². The standard InChI is InChI=1S/C16H34N2/c1-4-5-6-7-9-12-15(17)16(18(2)3)13-10-8-11-14-16/h15H,4-14,17H2,1-3H3. The Morgan fingerprint density at radius 3 is 2.17 bits per heavy atom. The number of likely N-dealkylation sites (N-methyl/N-ethyl adjacent to an activating group) is 1. The van der Waals surface area contributed by atoms with E-state index in [-0.39, 0.29) is 0 Å². The fourth-order valence-electron chi connectivity index (χ4n) is 3.55. The Bertz CT molecular complexity index is 207. The fourth-order valence-corrected chi connectivity index (χ4v) is 3.55. The van der Waals surface area contributed by atoms with Crippen LogP contribution in [0.1, 0.15) is 77.6 Å². The van der Waals surface area contributed by atoms with Crippen LogP contribution >= 0.6 is 0 Å². The van der Waals surface area contributed by atoms with E-state index in [1.54, 1.807) is 0 Å². The molecule has 1 rings (SSSR count). The highest BCUT2D eigenvalue weighted by Gasteiger charge is 2.39. The lowest BCUT2D eigenvalue weighted by atomic mass is 9.74. The molecule has 2 heteroatoms. The minimum Gasteiger partial charge on any atom is -0.326 e. The van der Waals surface area contributed by atoms with Gasteiger partial charge in [0.1, 0.15) is 0 Å². The van der Waals surface area contributed by atoms with Crippen molar-refractivity contribution in [2.75, 3.05) is 14.1 Å². The number of nitrogens with zero attached hydrogens (tertiary/aromatic N) is 1. The molecule has 0 spiro atoms. The molecular weight excluding hydrogens is 220 g/mol. The van der Waals surface area contributed by atoms with Crippen molar-refractivity contribution in [2.24, 2.45) is 5.73 Å². The average Bonchev–Trinajstić information content (AvgIpc) is 2.39. The molecule has 0 aromatic rings. The minimum atomic E-state index is 0.295. The van der Waals surface area contributed by atoms with Crippen LogP contribution in [0, 0.1) is 0 Å². The molecule has 0 aliphatic heterocycles. The largest absolute Gasteiger partial charge is 0.326 e. The van der Waals surface area contributed by atoms with Gasteiger partial charge in [0.15, 0.2) is 0 Å². The summed E-state index contributed by atoms with van der Waals surface area (Å²) in [4.78, 5) is 2.42. The molecule has 1 unspecified atom stereocenters. The number of hydrogen-bond acceptors (Lipinski definition) is 2. The summed E-state index contributed by atoms with van der Waals surface area (Å²) in [5.41, 5.74) is 6.85. The van der Waals surface area contributed by atoms with E-state index in [4.69, 9.17) is 5.73 Å². The lowest BCUT2D eigenvalue weighted by Gasteiger charge is -2.47. The number of hydrogen-bond donors (Lipinski definition) is 1. The van der Waals surface area contributed by atoms with E-state index in [0.717, 1.165) is 0 Å². The Morgan fingerprint density at radius 2 is 1.61 bits per heavy atom. The summed E-state index contributed by atoms with van der Waals surface area (Å²) < 4.78 is 0.